The first-order valence-electron chi connectivity index (χ1n) is 10.3. The van der Waals surface area contributed by atoms with E-state index < -0.39 is 0 Å². The minimum Gasteiger partial charge on any atom is -0.379 e. The van der Waals surface area contributed by atoms with Crippen molar-refractivity contribution in [1.82, 2.24) is 9.88 Å². The van der Waals surface area contributed by atoms with Gasteiger partial charge in [0.2, 0.25) is 5.91 Å². The molecule has 2 aromatic carbocycles. The second kappa shape index (κ2) is 11.0. The molecule has 1 saturated heterocycles. The molecule has 0 N–H and O–H groups in total. The average molecular weight is 464 g/mol. The lowest BCUT2D eigenvalue weighted by molar-refractivity contribution is -0.118. The van der Waals surface area contributed by atoms with Crippen molar-refractivity contribution in [3.8, 4) is 0 Å². The molecule has 1 aliphatic heterocycles. The topological polar surface area (TPSA) is 45.7 Å². The number of aromatic nitrogens is 1. The number of hydrogen-bond acceptors (Lipinski definition) is 5. The maximum absolute atomic E-state index is 14.2. The van der Waals surface area contributed by atoms with Gasteiger partial charge in [0.15, 0.2) is 5.13 Å². The van der Waals surface area contributed by atoms with Crippen molar-refractivity contribution in [2.24, 2.45) is 0 Å². The van der Waals surface area contributed by atoms with E-state index in [1.54, 1.807) is 11.0 Å². The number of carbonyl (C=O) groups excluding carboxylic acids is 1. The molecule has 1 aliphatic rings. The Labute approximate surface area is 192 Å². The molecule has 5 nitrogen and oxygen atoms in total. The lowest BCUT2D eigenvalue weighted by Crippen LogP contribution is -2.39. The molecular weight excluding hydrogens is 437 g/mol. The smallest absolute Gasteiger partial charge is 0.233 e. The molecule has 1 aromatic heterocycles. The predicted molar refractivity (Wildman–Crippen MR) is 126 cm³/mol. The van der Waals surface area contributed by atoms with Gasteiger partial charge in [-0.1, -0.05) is 47.2 Å². The maximum Gasteiger partial charge on any atom is 0.233 e. The number of benzene rings is 2. The summed E-state index contributed by atoms with van der Waals surface area (Å²) in [5.74, 6) is -0.364. The van der Waals surface area contributed by atoms with Crippen LogP contribution in [0.2, 0.25) is 0 Å². The summed E-state index contributed by atoms with van der Waals surface area (Å²) < 4.78 is 20.3. The molecule has 0 aliphatic carbocycles. The molecule has 4 rings (SSSR count). The van der Waals surface area contributed by atoms with Gasteiger partial charge in [0.05, 0.1) is 24.3 Å². The molecule has 0 radical (unpaired) electrons. The number of hydrogen-bond donors (Lipinski definition) is 0. The molecule has 0 saturated carbocycles. The SMILES string of the molecule is Cc1cccc(CC(=O)N(CCCN2CCOCC2)c2nc3c(F)cccc3s2)c1.Cl. The third-order valence-corrected chi connectivity index (χ3v) is 6.33. The van der Waals surface area contributed by atoms with Gasteiger partial charge in [-0.3, -0.25) is 14.6 Å². The summed E-state index contributed by atoms with van der Waals surface area (Å²) in [7, 11) is 0. The Morgan fingerprint density at radius 1 is 1.23 bits per heavy atom. The summed E-state index contributed by atoms with van der Waals surface area (Å²) in [6.45, 7) is 6.83. The first kappa shape index (κ1) is 23.6. The lowest BCUT2D eigenvalue weighted by atomic mass is 10.1. The Bertz CT molecular complexity index is 1020. The van der Waals surface area contributed by atoms with Gasteiger partial charge in [-0.2, -0.15) is 0 Å². The van der Waals surface area contributed by atoms with Crippen molar-refractivity contribution in [3.05, 3.63) is 59.4 Å². The van der Waals surface area contributed by atoms with Gasteiger partial charge < -0.3 is 4.74 Å². The Kier molecular flexibility index (Phi) is 8.37. The monoisotopic (exact) mass is 463 g/mol. The molecule has 0 bridgehead atoms. The Balaban J connectivity index is 0.00000272. The number of halogens is 2. The van der Waals surface area contributed by atoms with Crippen molar-refractivity contribution >= 4 is 45.0 Å². The van der Waals surface area contributed by atoms with Crippen molar-refractivity contribution in [1.29, 1.82) is 0 Å². The van der Waals surface area contributed by atoms with E-state index in [2.05, 4.69) is 9.88 Å². The lowest BCUT2D eigenvalue weighted by Gasteiger charge is -2.27. The summed E-state index contributed by atoms with van der Waals surface area (Å²) in [6, 6.07) is 12.9. The number of amides is 1. The van der Waals surface area contributed by atoms with Crippen LogP contribution in [-0.4, -0.2) is 55.2 Å². The zero-order chi connectivity index (χ0) is 20.9. The summed E-state index contributed by atoms with van der Waals surface area (Å²) >= 11 is 1.37. The van der Waals surface area contributed by atoms with Gasteiger partial charge in [0.25, 0.3) is 0 Å². The van der Waals surface area contributed by atoms with Crippen LogP contribution < -0.4 is 4.90 Å². The Hall–Kier alpha value is -2.06. The predicted octanol–water partition coefficient (Wildman–Crippen LogP) is 4.46. The number of morpholine rings is 1. The Morgan fingerprint density at radius 3 is 2.74 bits per heavy atom. The van der Waals surface area contributed by atoms with Crippen LogP contribution in [0.15, 0.2) is 42.5 Å². The second-order valence-electron chi connectivity index (χ2n) is 7.60. The highest BCUT2D eigenvalue weighted by atomic mass is 35.5. The molecule has 1 fully saturated rings. The van der Waals surface area contributed by atoms with Gasteiger partial charge in [-0.25, -0.2) is 9.37 Å². The summed E-state index contributed by atoms with van der Waals surface area (Å²) in [6.07, 6.45) is 1.13. The van der Waals surface area contributed by atoms with Crippen LogP contribution in [-0.2, 0) is 16.0 Å². The number of carbonyl (C=O) groups is 1. The van der Waals surface area contributed by atoms with Crippen molar-refractivity contribution in [2.75, 3.05) is 44.3 Å². The zero-order valence-corrected chi connectivity index (χ0v) is 19.2. The fourth-order valence-corrected chi connectivity index (χ4v) is 4.74. The minimum absolute atomic E-state index is 0. The third-order valence-electron chi connectivity index (χ3n) is 5.29. The van der Waals surface area contributed by atoms with E-state index in [0.717, 1.165) is 55.1 Å². The first-order chi connectivity index (χ1) is 14.6. The highest BCUT2D eigenvalue weighted by Gasteiger charge is 2.21. The van der Waals surface area contributed by atoms with Gasteiger partial charge in [0, 0.05) is 26.2 Å². The number of aryl methyl sites for hydroxylation is 1. The van der Waals surface area contributed by atoms with Gasteiger partial charge >= 0.3 is 0 Å². The Morgan fingerprint density at radius 2 is 2.00 bits per heavy atom. The minimum atomic E-state index is -0.352. The van der Waals surface area contributed by atoms with Crippen LogP contribution in [0.5, 0.6) is 0 Å². The van der Waals surface area contributed by atoms with E-state index in [9.17, 15) is 9.18 Å². The van der Waals surface area contributed by atoms with E-state index in [1.165, 1.54) is 17.4 Å². The molecule has 31 heavy (non-hydrogen) atoms. The number of nitrogens with zero attached hydrogens (tertiary/aromatic N) is 3. The van der Waals surface area contributed by atoms with Crippen LogP contribution >= 0.6 is 23.7 Å². The van der Waals surface area contributed by atoms with Crippen LogP contribution in [0.4, 0.5) is 9.52 Å². The van der Waals surface area contributed by atoms with E-state index in [-0.39, 0.29) is 24.1 Å². The molecule has 1 amide bonds. The van der Waals surface area contributed by atoms with Gasteiger partial charge in [0.1, 0.15) is 11.3 Å². The number of anilines is 1. The van der Waals surface area contributed by atoms with E-state index in [1.807, 2.05) is 37.3 Å². The zero-order valence-electron chi connectivity index (χ0n) is 17.6. The van der Waals surface area contributed by atoms with Crippen LogP contribution in [0, 0.1) is 12.7 Å². The fraction of sp³-hybridized carbons (Fsp3) is 0.391. The maximum atomic E-state index is 14.2. The molecule has 0 atom stereocenters. The van der Waals surface area contributed by atoms with Gasteiger partial charge in [-0.15, -0.1) is 12.4 Å². The molecule has 2 heterocycles. The first-order valence-corrected chi connectivity index (χ1v) is 11.1. The molecule has 166 valence electrons. The molecular formula is C23H27ClFN3O2S. The van der Waals surface area contributed by atoms with Crippen LogP contribution in [0.3, 0.4) is 0 Å². The van der Waals surface area contributed by atoms with Gasteiger partial charge in [-0.05, 0) is 31.0 Å². The quantitative estimate of drug-likeness (QED) is 0.519. The number of fused-ring (bicyclic) bond motifs is 1. The van der Waals surface area contributed by atoms with E-state index >= 15 is 0 Å². The van der Waals surface area contributed by atoms with E-state index in [0.29, 0.717) is 23.6 Å². The largest absolute Gasteiger partial charge is 0.379 e. The van der Waals surface area contributed by atoms with E-state index in [4.69, 9.17) is 4.74 Å². The molecule has 3 aromatic rings. The second-order valence-corrected chi connectivity index (χ2v) is 8.61. The standard InChI is InChI=1S/C23H26FN3O2S.ClH/c1-17-5-2-6-18(15-17)16-21(28)27(10-4-9-26-11-13-29-14-12-26)23-25-22-19(24)7-3-8-20(22)30-23;/h2-3,5-8,15H,4,9-14,16H2,1H3;1H. The highest BCUT2D eigenvalue weighted by molar-refractivity contribution is 7.22. The number of rotatable bonds is 7. The average Bonchev–Trinajstić information content (AvgIpc) is 3.17. The number of thiazole rings is 1. The molecule has 8 heteroatoms. The normalized spacial score (nSPS) is 14.4. The molecule has 0 unspecified atom stereocenters. The van der Waals surface area contributed by atoms with Crippen molar-refractivity contribution < 1.29 is 13.9 Å². The van der Waals surface area contributed by atoms with Crippen molar-refractivity contribution in [2.45, 2.75) is 19.8 Å². The summed E-state index contributed by atoms with van der Waals surface area (Å²) in [4.78, 5) is 21.8. The number of para-hydroxylation sites is 1. The van der Waals surface area contributed by atoms with Crippen molar-refractivity contribution in [3.63, 3.8) is 0 Å². The summed E-state index contributed by atoms with van der Waals surface area (Å²) in [5, 5.41) is 0.565. The molecule has 0 spiro atoms. The number of ether oxygens (including phenoxy) is 1. The third kappa shape index (κ3) is 6.01. The van der Waals surface area contributed by atoms with Crippen LogP contribution in [0.25, 0.3) is 10.2 Å². The summed E-state index contributed by atoms with van der Waals surface area (Å²) in [5.41, 5.74) is 2.44. The van der Waals surface area contributed by atoms with Crippen LogP contribution in [0.1, 0.15) is 17.5 Å². The highest BCUT2D eigenvalue weighted by Crippen LogP contribution is 2.31. The fourth-order valence-electron chi connectivity index (χ4n) is 3.72.